The van der Waals surface area contributed by atoms with E-state index in [4.69, 9.17) is 5.11 Å². The number of aliphatic carboxylic acids is 1. The molecule has 18 heavy (non-hydrogen) atoms. The Morgan fingerprint density at radius 1 is 1.17 bits per heavy atom. The molecule has 5 heteroatoms. The average Bonchev–Trinajstić information content (AvgIpc) is 2.26. The van der Waals surface area contributed by atoms with Gasteiger partial charge in [0.05, 0.1) is 5.92 Å². The van der Waals surface area contributed by atoms with Gasteiger partial charge in [-0.05, 0) is 32.1 Å². The number of rotatable bonds is 8. The summed E-state index contributed by atoms with van der Waals surface area (Å²) < 4.78 is 0. The summed E-state index contributed by atoms with van der Waals surface area (Å²) in [5.74, 6) is -0.763. The maximum atomic E-state index is 11.5. The van der Waals surface area contributed by atoms with Crippen LogP contribution in [0, 0.1) is 11.8 Å². The van der Waals surface area contributed by atoms with Crippen molar-refractivity contribution in [3.8, 4) is 0 Å². The molecule has 0 aromatic carbocycles. The first-order valence-corrected chi connectivity index (χ1v) is 6.63. The van der Waals surface area contributed by atoms with Gasteiger partial charge in [-0.25, -0.2) is 4.79 Å². The van der Waals surface area contributed by atoms with E-state index in [1.165, 1.54) is 0 Å². The van der Waals surface area contributed by atoms with Gasteiger partial charge in [0.25, 0.3) is 0 Å². The number of carboxylic acids is 1. The molecule has 0 fully saturated rings. The number of carbonyl (C=O) groups excluding carboxylic acids is 1. The minimum absolute atomic E-state index is 0.109. The van der Waals surface area contributed by atoms with Crippen LogP contribution in [0.4, 0.5) is 4.79 Å². The molecule has 0 aliphatic carbocycles. The minimum atomic E-state index is -0.870. The third-order valence-corrected chi connectivity index (χ3v) is 2.91. The predicted molar refractivity (Wildman–Crippen MR) is 71.5 cm³/mol. The highest BCUT2D eigenvalue weighted by Crippen LogP contribution is 2.06. The predicted octanol–water partition coefficient (Wildman–Crippen LogP) is 2.22. The van der Waals surface area contributed by atoms with Crippen molar-refractivity contribution in [1.29, 1.82) is 0 Å². The minimum Gasteiger partial charge on any atom is -0.481 e. The van der Waals surface area contributed by atoms with E-state index in [0.29, 0.717) is 12.3 Å². The third-order valence-electron chi connectivity index (χ3n) is 2.91. The van der Waals surface area contributed by atoms with E-state index in [1.807, 2.05) is 6.92 Å². The van der Waals surface area contributed by atoms with Gasteiger partial charge >= 0.3 is 12.0 Å². The van der Waals surface area contributed by atoms with Crippen molar-refractivity contribution in [3.63, 3.8) is 0 Å². The van der Waals surface area contributed by atoms with Crippen LogP contribution in [0.15, 0.2) is 0 Å². The van der Waals surface area contributed by atoms with Crippen molar-refractivity contribution in [3.05, 3.63) is 0 Å². The van der Waals surface area contributed by atoms with Gasteiger partial charge < -0.3 is 15.7 Å². The van der Waals surface area contributed by atoms with Gasteiger partial charge in [-0.2, -0.15) is 0 Å². The van der Waals surface area contributed by atoms with Crippen LogP contribution in [0.1, 0.15) is 47.0 Å². The monoisotopic (exact) mass is 258 g/mol. The zero-order chi connectivity index (χ0) is 14.1. The van der Waals surface area contributed by atoms with Crippen LogP contribution < -0.4 is 10.6 Å². The molecule has 0 aromatic rings. The van der Waals surface area contributed by atoms with Crippen molar-refractivity contribution >= 4 is 12.0 Å². The lowest BCUT2D eigenvalue weighted by Gasteiger charge is -2.17. The Morgan fingerprint density at radius 3 is 2.22 bits per heavy atom. The van der Waals surface area contributed by atoms with E-state index in [0.717, 1.165) is 12.8 Å². The van der Waals surface area contributed by atoms with Gasteiger partial charge in [0.2, 0.25) is 0 Å². The lowest BCUT2D eigenvalue weighted by molar-refractivity contribution is -0.141. The first kappa shape index (κ1) is 16.7. The Balaban J connectivity index is 3.86. The molecule has 3 N–H and O–H groups in total. The fraction of sp³-hybridized carbons (Fsp3) is 0.846. The maximum Gasteiger partial charge on any atom is 0.315 e. The zero-order valence-electron chi connectivity index (χ0n) is 11.8. The summed E-state index contributed by atoms with van der Waals surface area (Å²) >= 11 is 0. The molecule has 2 atom stereocenters. The molecule has 0 heterocycles. The van der Waals surface area contributed by atoms with Crippen LogP contribution in [0.3, 0.4) is 0 Å². The molecule has 0 bridgehead atoms. The molecular formula is C13H26N2O3. The summed E-state index contributed by atoms with van der Waals surface area (Å²) in [6.07, 6.45) is 2.51. The van der Waals surface area contributed by atoms with E-state index in [-0.39, 0.29) is 18.6 Å². The number of amides is 2. The van der Waals surface area contributed by atoms with Crippen LogP contribution in [0.2, 0.25) is 0 Å². The summed E-state index contributed by atoms with van der Waals surface area (Å²) in [4.78, 5) is 22.3. The van der Waals surface area contributed by atoms with E-state index >= 15 is 0 Å². The Morgan fingerprint density at radius 2 is 1.78 bits per heavy atom. The first-order chi connectivity index (χ1) is 8.36. The molecule has 0 saturated heterocycles. The van der Waals surface area contributed by atoms with Crippen LogP contribution >= 0.6 is 0 Å². The Kier molecular flexibility index (Phi) is 8.16. The Hall–Kier alpha value is -1.26. The highest BCUT2D eigenvalue weighted by atomic mass is 16.4. The van der Waals surface area contributed by atoms with Gasteiger partial charge in [-0.3, -0.25) is 4.79 Å². The molecule has 0 spiro atoms. The van der Waals surface area contributed by atoms with Gasteiger partial charge in [-0.1, -0.05) is 20.8 Å². The zero-order valence-corrected chi connectivity index (χ0v) is 11.8. The summed E-state index contributed by atoms with van der Waals surface area (Å²) in [5, 5.41) is 14.3. The van der Waals surface area contributed by atoms with Crippen LogP contribution in [0.5, 0.6) is 0 Å². The molecule has 2 unspecified atom stereocenters. The van der Waals surface area contributed by atoms with Crippen LogP contribution in [0.25, 0.3) is 0 Å². The number of nitrogens with one attached hydrogen (secondary N) is 2. The van der Waals surface area contributed by atoms with E-state index in [2.05, 4.69) is 24.5 Å². The molecule has 0 saturated carbocycles. The Labute approximate surface area is 109 Å². The second-order valence-electron chi connectivity index (χ2n) is 5.17. The number of carboxylic acid groups (broad SMARTS) is 1. The standard InChI is InChI=1S/C13H26N2O3/c1-5-11(12(16)17)8-14-13(18)15-10(4)7-6-9(2)3/h9-11H,5-8H2,1-4H3,(H,16,17)(H2,14,15,18). The van der Waals surface area contributed by atoms with E-state index in [9.17, 15) is 9.59 Å². The molecule has 5 nitrogen and oxygen atoms in total. The molecule has 106 valence electrons. The maximum absolute atomic E-state index is 11.5. The fourth-order valence-electron chi connectivity index (χ4n) is 1.55. The quantitative estimate of drug-likeness (QED) is 0.624. The molecule has 2 amide bonds. The van der Waals surface area contributed by atoms with Gasteiger partial charge in [0, 0.05) is 12.6 Å². The van der Waals surface area contributed by atoms with E-state index < -0.39 is 11.9 Å². The number of carbonyl (C=O) groups is 2. The van der Waals surface area contributed by atoms with Crippen LogP contribution in [-0.2, 0) is 4.79 Å². The summed E-state index contributed by atoms with van der Waals surface area (Å²) in [6.45, 7) is 8.21. The third kappa shape index (κ3) is 7.92. The number of urea groups is 1. The molecule has 0 aliphatic heterocycles. The lowest BCUT2D eigenvalue weighted by Crippen LogP contribution is -2.43. The molecule has 0 rings (SSSR count). The second kappa shape index (κ2) is 8.78. The first-order valence-electron chi connectivity index (χ1n) is 6.63. The van der Waals surface area contributed by atoms with Crippen molar-refractivity contribution in [1.82, 2.24) is 10.6 Å². The highest BCUT2D eigenvalue weighted by Gasteiger charge is 2.16. The molecular weight excluding hydrogens is 232 g/mol. The normalized spacial score (nSPS) is 14.1. The van der Waals surface area contributed by atoms with Crippen molar-refractivity contribution in [2.45, 2.75) is 53.0 Å². The SMILES string of the molecule is CCC(CNC(=O)NC(C)CCC(C)C)C(=O)O. The van der Waals surface area contributed by atoms with Crippen molar-refractivity contribution < 1.29 is 14.7 Å². The smallest absolute Gasteiger partial charge is 0.315 e. The number of hydrogen-bond donors (Lipinski definition) is 3. The van der Waals surface area contributed by atoms with E-state index in [1.54, 1.807) is 6.92 Å². The second-order valence-corrected chi connectivity index (χ2v) is 5.17. The lowest BCUT2D eigenvalue weighted by atomic mass is 10.0. The topological polar surface area (TPSA) is 78.4 Å². The molecule has 0 aromatic heterocycles. The Bertz CT molecular complexity index is 267. The van der Waals surface area contributed by atoms with Gasteiger partial charge in [0.15, 0.2) is 0 Å². The van der Waals surface area contributed by atoms with Gasteiger partial charge in [0.1, 0.15) is 0 Å². The summed E-state index contributed by atoms with van der Waals surface area (Å²) in [6, 6.07) is -0.178. The molecule has 0 radical (unpaired) electrons. The van der Waals surface area contributed by atoms with Gasteiger partial charge in [-0.15, -0.1) is 0 Å². The number of hydrogen-bond acceptors (Lipinski definition) is 2. The highest BCUT2D eigenvalue weighted by molar-refractivity contribution is 5.76. The average molecular weight is 258 g/mol. The van der Waals surface area contributed by atoms with Crippen LogP contribution in [-0.4, -0.2) is 29.7 Å². The molecule has 0 aliphatic rings. The largest absolute Gasteiger partial charge is 0.481 e. The van der Waals surface area contributed by atoms with Crippen molar-refractivity contribution in [2.75, 3.05) is 6.54 Å². The fourth-order valence-corrected chi connectivity index (χ4v) is 1.55. The summed E-state index contributed by atoms with van der Waals surface area (Å²) in [7, 11) is 0. The summed E-state index contributed by atoms with van der Waals surface area (Å²) in [5.41, 5.74) is 0. The van der Waals surface area contributed by atoms with Crippen molar-refractivity contribution in [2.24, 2.45) is 11.8 Å².